The molecule has 0 aliphatic carbocycles. The Kier molecular flexibility index (Phi) is 9.71. The first-order valence-electron chi connectivity index (χ1n) is 7.01. The molecule has 0 aromatic carbocycles. The SMILES string of the molecule is CCCCCCCCCC=CC[N+](C)(C)C. The van der Waals surface area contributed by atoms with Crippen LogP contribution in [0.25, 0.3) is 0 Å². The molecule has 16 heavy (non-hydrogen) atoms. The fourth-order valence-corrected chi connectivity index (χ4v) is 1.73. The van der Waals surface area contributed by atoms with Crippen molar-refractivity contribution in [1.29, 1.82) is 0 Å². The largest absolute Gasteiger partial charge is 0.328 e. The van der Waals surface area contributed by atoms with E-state index in [1.807, 2.05) is 0 Å². The van der Waals surface area contributed by atoms with Crippen molar-refractivity contribution in [2.75, 3.05) is 27.7 Å². The summed E-state index contributed by atoms with van der Waals surface area (Å²) in [4.78, 5) is 0. The molecule has 0 bridgehead atoms. The maximum absolute atomic E-state index is 2.36. The van der Waals surface area contributed by atoms with Gasteiger partial charge in [-0.2, -0.15) is 0 Å². The number of hydrogen-bond acceptors (Lipinski definition) is 0. The van der Waals surface area contributed by atoms with Gasteiger partial charge in [0, 0.05) is 0 Å². The van der Waals surface area contributed by atoms with E-state index >= 15 is 0 Å². The Morgan fingerprint density at radius 1 is 0.750 bits per heavy atom. The zero-order chi connectivity index (χ0) is 12.3. The van der Waals surface area contributed by atoms with E-state index in [4.69, 9.17) is 0 Å². The Hall–Kier alpha value is -0.300. The lowest BCUT2D eigenvalue weighted by Crippen LogP contribution is -2.34. The van der Waals surface area contributed by atoms with Crippen molar-refractivity contribution in [2.24, 2.45) is 0 Å². The lowest BCUT2D eigenvalue weighted by Gasteiger charge is -2.21. The number of rotatable bonds is 10. The summed E-state index contributed by atoms with van der Waals surface area (Å²) in [7, 11) is 6.70. The van der Waals surface area contributed by atoms with Crippen molar-refractivity contribution < 1.29 is 4.48 Å². The lowest BCUT2D eigenvalue weighted by atomic mass is 10.1. The summed E-state index contributed by atoms with van der Waals surface area (Å²) < 4.78 is 1.04. The summed E-state index contributed by atoms with van der Waals surface area (Å²) in [6.45, 7) is 3.43. The monoisotopic (exact) mass is 226 g/mol. The van der Waals surface area contributed by atoms with Crippen molar-refractivity contribution in [3.8, 4) is 0 Å². The molecule has 0 unspecified atom stereocenters. The fourth-order valence-electron chi connectivity index (χ4n) is 1.73. The molecule has 0 rings (SSSR count). The van der Waals surface area contributed by atoms with Gasteiger partial charge >= 0.3 is 0 Å². The van der Waals surface area contributed by atoms with Crippen LogP contribution < -0.4 is 0 Å². The minimum absolute atomic E-state index is 1.04. The van der Waals surface area contributed by atoms with Crippen molar-refractivity contribution in [2.45, 2.75) is 58.3 Å². The Morgan fingerprint density at radius 3 is 1.88 bits per heavy atom. The van der Waals surface area contributed by atoms with Gasteiger partial charge in [0.25, 0.3) is 0 Å². The van der Waals surface area contributed by atoms with E-state index in [0.29, 0.717) is 0 Å². The van der Waals surface area contributed by atoms with E-state index in [0.717, 1.165) is 11.0 Å². The summed E-state index contributed by atoms with van der Waals surface area (Å²) in [5, 5.41) is 0. The highest BCUT2D eigenvalue weighted by atomic mass is 15.3. The molecule has 1 nitrogen and oxygen atoms in total. The highest BCUT2D eigenvalue weighted by Crippen LogP contribution is 2.08. The van der Waals surface area contributed by atoms with Gasteiger partial charge in [-0.1, -0.05) is 51.5 Å². The molecule has 0 N–H and O–H groups in total. The van der Waals surface area contributed by atoms with Crippen molar-refractivity contribution in [3.05, 3.63) is 12.2 Å². The van der Waals surface area contributed by atoms with Gasteiger partial charge in [-0.15, -0.1) is 0 Å². The van der Waals surface area contributed by atoms with E-state index in [1.165, 1.54) is 51.4 Å². The van der Waals surface area contributed by atoms with Crippen LogP contribution >= 0.6 is 0 Å². The van der Waals surface area contributed by atoms with Crippen LogP contribution in [-0.4, -0.2) is 32.2 Å². The van der Waals surface area contributed by atoms with Gasteiger partial charge in [0.05, 0.1) is 27.7 Å². The third-order valence-electron chi connectivity index (χ3n) is 2.79. The highest BCUT2D eigenvalue weighted by molar-refractivity contribution is 4.81. The molecule has 0 amide bonds. The van der Waals surface area contributed by atoms with E-state index in [9.17, 15) is 0 Å². The van der Waals surface area contributed by atoms with Crippen LogP contribution in [0.3, 0.4) is 0 Å². The number of unbranched alkanes of at least 4 members (excludes halogenated alkanes) is 7. The van der Waals surface area contributed by atoms with Gasteiger partial charge in [-0.05, 0) is 18.9 Å². The number of quaternary nitrogens is 1. The first-order valence-corrected chi connectivity index (χ1v) is 7.01. The lowest BCUT2D eigenvalue weighted by molar-refractivity contribution is -0.864. The first kappa shape index (κ1) is 15.7. The zero-order valence-corrected chi connectivity index (χ0v) is 12.0. The number of nitrogens with zero attached hydrogens (tertiary/aromatic N) is 1. The summed E-state index contributed by atoms with van der Waals surface area (Å²) >= 11 is 0. The van der Waals surface area contributed by atoms with Gasteiger partial charge in [0.1, 0.15) is 0 Å². The molecule has 0 saturated heterocycles. The van der Waals surface area contributed by atoms with E-state index in [2.05, 4.69) is 40.2 Å². The average molecular weight is 226 g/mol. The molecule has 0 aliphatic heterocycles. The van der Waals surface area contributed by atoms with Crippen LogP contribution in [-0.2, 0) is 0 Å². The minimum Gasteiger partial charge on any atom is -0.328 e. The second-order valence-corrected chi connectivity index (χ2v) is 5.85. The van der Waals surface area contributed by atoms with E-state index in [1.54, 1.807) is 0 Å². The summed E-state index contributed by atoms with van der Waals surface area (Å²) in [5.74, 6) is 0. The Labute approximate surface area is 103 Å². The topological polar surface area (TPSA) is 0 Å². The maximum atomic E-state index is 2.36. The minimum atomic E-state index is 1.04. The van der Waals surface area contributed by atoms with Crippen molar-refractivity contribution in [3.63, 3.8) is 0 Å². The molecule has 1 heteroatoms. The van der Waals surface area contributed by atoms with E-state index in [-0.39, 0.29) is 0 Å². The second kappa shape index (κ2) is 9.89. The van der Waals surface area contributed by atoms with Crippen molar-refractivity contribution in [1.82, 2.24) is 0 Å². The Balaban J connectivity index is 3.15. The molecular formula is C15H32N+. The molecule has 0 aromatic rings. The summed E-state index contributed by atoms with van der Waals surface area (Å²) in [6.07, 6.45) is 15.8. The molecule has 0 aromatic heterocycles. The van der Waals surface area contributed by atoms with Crippen LogP contribution in [0.15, 0.2) is 12.2 Å². The fraction of sp³-hybridized carbons (Fsp3) is 0.867. The predicted octanol–water partition coefficient (Wildman–Crippen LogP) is 4.39. The second-order valence-electron chi connectivity index (χ2n) is 5.85. The quantitative estimate of drug-likeness (QED) is 0.294. The van der Waals surface area contributed by atoms with Gasteiger partial charge in [0.2, 0.25) is 0 Å². The maximum Gasteiger partial charge on any atom is 0.0967 e. The molecule has 0 spiro atoms. The molecule has 0 fully saturated rings. The van der Waals surface area contributed by atoms with Gasteiger partial charge in [-0.3, -0.25) is 0 Å². The molecule has 0 atom stereocenters. The first-order chi connectivity index (χ1) is 7.56. The van der Waals surface area contributed by atoms with Crippen LogP contribution in [0, 0.1) is 0 Å². The van der Waals surface area contributed by atoms with Crippen molar-refractivity contribution >= 4 is 0 Å². The molecule has 0 aliphatic rings. The normalized spacial score (nSPS) is 12.5. The number of allylic oxidation sites excluding steroid dienone is 1. The highest BCUT2D eigenvalue weighted by Gasteiger charge is 2.00. The van der Waals surface area contributed by atoms with Crippen LogP contribution in [0.2, 0.25) is 0 Å². The van der Waals surface area contributed by atoms with Crippen LogP contribution in [0.4, 0.5) is 0 Å². The van der Waals surface area contributed by atoms with E-state index < -0.39 is 0 Å². The summed E-state index contributed by atoms with van der Waals surface area (Å²) in [5.41, 5.74) is 0. The summed E-state index contributed by atoms with van der Waals surface area (Å²) in [6, 6.07) is 0. The molecule has 0 heterocycles. The molecule has 0 radical (unpaired) electrons. The van der Waals surface area contributed by atoms with Crippen LogP contribution in [0.5, 0.6) is 0 Å². The number of likely N-dealkylation sites (N-methyl/N-ethyl adjacent to an activating group) is 1. The molecule has 96 valence electrons. The third kappa shape index (κ3) is 13.7. The Morgan fingerprint density at radius 2 is 1.31 bits per heavy atom. The number of hydrogen-bond donors (Lipinski definition) is 0. The predicted molar refractivity (Wildman–Crippen MR) is 74.6 cm³/mol. The van der Waals surface area contributed by atoms with Crippen LogP contribution in [0.1, 0.15) is 58.3 Å². The molecular weight excluding hydrogens is 194 g/mol. The standard InChI is InChI=1S/C15H32N/c1-5-6-7-8-9-10-11-12-13-14-15-16(2,3)4/h13-14H,5-12,15H2,1-4H3/q+1. The van der Waals surface area contributed by atoms with Gasteiger partial charge < -0.3 is 4.48 Å². The van der Waals surface area contributed by atoms with Gasteiger partial charge in [0.15, 0.2) is 0 Å². The zero-order valence-electron chi connectivity index (χ0n) is 12.0. The van der Waals surface area contributed by atoms with Gasteiger partial charge in [-0.25, -0.2) is 0 Å². The average Bonchev–Trinajstić information content (AvgIpc) is 2.19. The molecule has 0 saturated carbocycles. The smallest absolute Gasteiger partial charge is 0.0967 e. The third-order valence-corrected chi connectivity index (χ3v) is 2.79. The Bertz CT molecular complexity index is 165.